The maximum absolute atomic E-state index is 5.74. The van der Waals surface area contributed by atoms with Crippen molar-refractivity contribution in [3.8, 4) is 0 Å². The van der Waals surface area contributed by atoms with E-state index in [1.807, 2.05) is 0 Å². The number of fused-ring (bicyclic) bond motifs is 1. The van der Waals surface area contributed by atoms with Crippen LogP contribution >= 0.6 is 11.6 Å². The molecule has 2 heterocycles. The third kappa shape index (κ3) is 0.904. The highest BCUT2D eigenvalue weighted by molar-refractivity contribution is 6.33. The highest BCUT2D eigenvalue weighted by atomic mass is 35.5. The van der Waals surface area contributed by atoms with Gasteiger partial charge >= 0.3 is 0 Å². The van der Waals surface area contributed by atoms with Crippen LogP contribution in [0.4, 0.5) is 0 Å². The van der Waals surface area contributed by atoms with Crippen LogP contribution in [0.25, 0.3) is 5.52 Å². The molecule has 0 saturated heterocycles. The molecule has 2 aromatic heterocycles. The Kier molecular flexibility index (Phi) is 1.36. The van der Waals surface area contributed by atoms with Crippen LogP contribution in [0.2, 0.25) is 5.15 Å². The van der Waals surface area contributed by atoms with E-state index in [1.54, 1.807) is 23.0 Å². The standard InChI is InChI=1S/C6H3BClN3/c7-6-10-3-4-5(8)9-1-2-11(4)6/h1-3H. The van der Waals surface area contributed by atoms with E-state index < -0.39 is 0 Å². The van der Waals surface area contributed by atoms with Gasteiger partial charge in [-0.25, -0.2) is 4.98 Å². The molecule has 0 saturated carbocycles. The minimum absolute atomic E-state index is 0.414. The second-order valence-electron chi connectivity index (χ2n) is 2.09. The Morgan fingerprint density at radius 2 is 2.27 bits per heavy atom. The summed E-state index contributed by atoms with van der Waals surface area (Å²) in [7, 11) is 5.51. The summed E-state index contributed by atoms with van der Waals surface area (Å²) >= 11 is 5.74. The van der Waals surface area contributed by atoms with Crippen LogP contribution in [0.3, 0.4) is 0 Å². The molecule has 0 atom stereocenters. The maximum atomic E-state index is 5.74. The smallest absolute Gasteiger partial charge is 0.168 e. The molecule has 2 aromatic rings. The summed E-state index contributed by atoms with van der Waals surface area (Å²) < 4.78 is 1.68. The first-order chi connectivity index (χ1) is 5.29. The lowest BCUT2D eigenvalue weighted by Gasteiger charge is -1.95. The number of imidazole rings is 1. The fourth-order valence-electron chi connectivity index (χ4n) is 0.916. The van der Waals surface area contributed by atoms with Gasteiger partial charge in [0.1, 0.15) is 5.52 Å². The monoisotopic (exact) mass is 163 g/mol. The number of aromatic nitrogens is 3. The van der Waals surface area contributed by atoms with Crippen molar-refractivity contribution in [2.45, 2.75) is 0 Å². The summed E-state index contributed by atoms with van der Waals surface area (Å²) in [6.07, 6.45) is 4.88. The van der Waals surface area contributed by atoms with Crippen LogP contribution in [0.5, 0.6) is 0 Å². The van der Waals surface area contributed by atoms with Gasteiger partial charge in [-0.2, -0.15) is 0 Å². The van der Waals surface area contributed by atoms with Crippen molar-refractivity contribution in [2.75, 3.05) is 0 Å². The minimum atomic E-state index is 0.414. The van der Waals surface area contributed by atoms with Gasteiger partial charge in [0.25, 0.3) is 0 Å². The van der Waals surface area contributed by atoms with E-state index in [1.165, 1.54) is 0 Å². The van der Waals surface area contributed by atoms with Crippen molar-refractivity contribution in [1.29, 1.82) is 0 Å². The molecule has 11 heavy (non-hydrogen) atoms. The molecule has 0 unspecified atom stereocenters. The average Bonchev–Trinajstić information content (AvgIpc) is 2.35. The third-order valence-corrected chi connectivity index (χ3v) is 1.73. The van der Waals surface area contributed by atoms with E-state index in [0.717, 1.165) is 5.52 Å². The molecule has 5 heteroatoms. The van der Waals surface area contributed by atoms with Crippen molar-refractivity contribution in [3.05, 3.63) is 23.7 Å². The van der Waals surface area contributed by atoms with E-state index in [2.05, 4.69) is 9.97 Å². The zero-order valence-corrected chi connectivity index (χ0v) is 6.28. The van der Waals surface area contributed by atoms with Gasteiger partial charge in [-0.15, -0.1) is 0 Å². The zero-order chi connectivity index (χ0) is 7.84. The quantitative estimate of drug-likeness (QED) is 0.519. The van der Waals surface area contributed by atoms with Crippen LogP contribution < -0.4 is 5.72 Å². The number of hydrogen-bond donors (Lipinski definition) is 0. The Bertz CT molecular complexity index is 398. The van der Waals surface area contributed by atoms with E-state index in [0.29, 0.717) is 10.9 Å². The van der Waals surface area contributed by atoms with Gasteiger partial charge in [-0.3, -0.25) is 4.98 Å². The number of rotatable bonds is 0. The van der Waals surface area contributed by atoms with Gasteiger partial charge in [-0.05, 0) is 0 Å². The van der Waals surface area contributed by atoms with Crippen LogP contribution in [-0.4, -0.2) is 22.2 Å². The molecular formula is C6H3BClN3. The summed E-state index contributed by atoms with van der Waals surface area (Å²) in [5.74, 6) is 0. The fourth-order valence-corrected chi connectivity index (χ4v) is 1.11. The normalized spacial score (nSPS) is 10.6. The van der Waals surface area contributed by atoms with Crippen LogP contribution in [0.15, 0.2) is 18.6 Å². The van der Waals surface area contributed by atoms with Gasteiger partial charge in [0.15, 0.2) is 13.0 Å². The molecular weight excluding hydrogens is 160 g/mol. The van der Waals surface area contributed by atoms with E-state index in [9.17, 15) is 0 Å². The molecule has 0 fully saturated rings. The molecule has 0 aromatic carbocycles. The SMILES string of the molecule is [B]c1ncc2c(Cl)nccn12. The highest BCUT2D eigenvalue weighted by Gasteiger charge is 2.00. The molecule has 3 nitrogen and oxygen atoms in total. The summed E-state index contributed by atoms with van der Waals surface area (Å²) in [5, 5.41) is 0.414. The van der Waals surface area contributed by atoms with Gasteiger partial charge in [0.05, 0.1) is 11.9 Å². The molecule has 0 aliphatic carbocycles. The lowest BCUT2D eigenvalue weighted by Crippen LogP contribution is -2.12. The molecule has 0 N–H and O–H groups in total. The number of halogens is 1. The Labute approximate surface area is 69.4 Å². The topological polar surface area (TPSA) is 30.2 Å². The lowest BCUT2D eigenvalue weighted by molar-refractivity contribution is 1.16. The first-order valence-electron chi connectivity index (χ1n) is 3.02. The Balaban J connectivity index is 2.94. The summed E-state index contributed by atoms with van der Waals surface area (Å²) in [6.45, 7) is 0. The lowest BCUT2D eigenvalue weighted by atomic mass is 10.1. The zero-order valence-electron chi connectivity index (χ0n) is 5.53. The van der Waals surface area contributed by atoms with E-state index >= 15 is 0 Å². The first-order valence-corrected chi connectivity index (χ1v) is 3.40. The maximum Gasteiger partial charge on any atom is 0.168 e. The third-order valence-electron chi connectivity index (χ3n) is 1.44. The Morgan fingerprint density at radius 1 is 1.45 bits per heavy atom. The second kappa shape index (κ2) is 2.24. The van der Waals surface area contributed by atoms with Gasteiger partial charge in [-0.1, -0.05) is 11.6 Å². The Morgan fingerprint density at radius 3 is 3.00 bits per heavy atom. The van der Waals surface area contributed by atoms with Gasteiger partial charge in [0, 0.05) is 12.4 Å². The Hall–Kier alpha value is -1.03. The average molecular weight is 163 g/mol. The second-order valence-corrected chi connectivity index (χ2v) is 2.45. The first kappa shape index (κ1) is 6.67. The van der Waals surface area contributed by atoms with Crippen molar-refractivity contribution >= 4 is 30.7 Å². The summed E-state index contributed by atoms with van der Waals surface area (Å²) in [5.41, 5.74) is 1.15. The molecule has 0 aliphatic heterocycles. The molecule has 0 bridgehead atoms. The molecule has 0 spiro atoms. The van der Waals surface area contributed by atoms with Crippen molar-refractivity contribution < 1.29 is 0 Å². The van der Waals surface area contributed by atoms with Gasteiger partial charge < -0.3 is 4.40 Å². The summed E-state index contributed by atoms with van der Waals surface area (Å²) in [6, 6.07) is 0. The van der Waals surface area contributed by atoms with Crippen molar-refractivity contribution in [2.24, 2.45) is 0 Å². The minimum Gasteiger partial charge on any atom is -0.309 e. The van der Waals surface area contributed by atoms with Crippen molar-refractivity contribution in [1.82, 2.24) is 14.4 Å². The molecule has 2 radical (unpaired) electrons. The van der Waals surface area contributed by atoms with Crippen molar-refractivity contribution in [3.63, 3.8) is 0 Å². The molecule has 2 rings (SSSR count). The summed E-state index contributed by atoms with van der Waals surface area (Å²) in [4.78, 5) is 7.74. The predicted molar refractivity (Wildman–Crippen MR) is 43.4 cm³/mol. The number of nitrogens with zero attached hydrogens (tertiary/aromatic N) is 3. The van der Waals surface area contributed by atoms with E-state index in [4.69, 9.17) is 19.4 Å². The van der Waals surface area contributed by atoms with Crippen LogP contribution in [-0.2, 0) is 0 Å². The fraction of sp³-hybridized carbons (Fsp3) is 0. The number of hydrogen-bond acceptors (Lipinski definition) is 2. The molecule has 0 aliphatic rings. The van der Waals surface area contributed by atoms with Crippen LogP contribution in [0, 0.1) is 0 Å². The largest absolute Gasteiger partial charge is 0.309 e. The van der Waals surface area contributed by atoms with E-state index in [-0.39, 0.29) is 0 Å². The molecule has 52 valence electrons. The predicted octanol–water partition coefficient (Wildman–Crippen LogP) is 0.176. The molecule has 0 amide bonds. The highest BCUT2D eigenvalue weighted by Crippen LogP contribution is 2.10. The van der Waals surface area contributed by atoms with Crippen LogP contribution in [0.1, 0.15) is 0 Å². The van der Waals surface area contributed by atoms with Gasteiger partial charge in [0.2, 0.25) is 0 Å².